The number of hydrogen-bond acceptors (Lipinski definition) is 6. The summed E-state index contributed by atoms with van der Waals surface area (Å²) in [7, 11) is 0. The number of hydrogen-bond donors (Lipinski definition) is 3. The average Bonchev–Trinajstić information content (AvgIpc) is 2.81. The number of pyridine rings is 1. The monoisotopic (exact) mass is 283 g/mol. The number of nitrogens with zero attached hydrogens (tertiary/aromatic N) is 4. The second-order valence-electron chi connectivity index (χ2n) is 4.72. The van der Waals surface area contributed by atoms with Crippen molar-refractivity contribution in [3.8, 4) is 11.5 Å². The van der Waals surface area contributed by atoms with Crippen molar-refractivity contribution in [3.63, 3.8) is 0 Å². The fourth-order valence-corrected chi connectivity index (χ4v) is 2.13. The number of nitrogens with one attached hydrogen (secondary N) is 1. The Morgan fingerprint density at radius 3 is 2.67 bits per heavy atom. The third kappa shape index (κ3) is 2.40. The second kappa shape index (κ2) is 4.86. The van der Waals surface area contributed by atoms with Crippen molar-refractivity contribution in [2.45, 2.75) is 13.8 Å². The smallest absolute Gasteiger partial charge is 0.183 e. The van der Waals surface area contributed by atoms with Crippen LogP contribution in [0.15, 0.2) is 34.5 Å². The summed E-state index contributed by atoms with van der Waals surface area (Å²) in [5.74, 6) is 0.296. The van der Waals surface area contributed by atoms with E-state index in [1.807, 2.05) is 19.9 Å². The van der Waals surface area contributed by atoms with Crippen LogP contribution in [0.25, 0.3) is 11.0 Å². The van der Waals surface area contributed by atoms with Crippen molar-refractivity contribution in [2.24, 2.45) is 10.2 Å². The number of azo groups is 1. The Balaban J connectivity index is 2.04. The number of phenolic OH excluding ortho intramolecular Hbond substituents is 2. The largest absolute Gasteiger partial charge is 0.508 e. The maximum absolute atomic E-state index is 9.67. The van der Waals surface area contributed by atoms with Crippen molar-refractivity contribution in [2.75, 3.05) is 0 Å². The highest BCUT2D eigenvalue weighted by molar-refractivity contribution is 5.88. The van der Waals surface area contributed by atoms with Crippen LogP contribution in [0.4, 0.5) is 11.5 Å². The number of phenols is 2. The molecule has 2 heterocycles. The van der Waals surface area contributed by atoms with E-state index < -0.39 is 0 Å². The highest BCUT2D eigenvalue weighted by Gasteiger charge is 2.10. The van der Waals surface area contributed by atoms with Gasteiger partial charge in [-0.15, -0.1) is 10.2 Å². The molecule has 2 aromatic heterocycles. The molecule has 7 heteroatoms. The molecule has 21 heavy (non-hydrogen) atoms. The van der Waals surface area contributed by atoms with Crippen molar-refractivity contribution in [1.29, 1.82) is 0 Å². The first-order valence-electron chi connectivity index (χ1n) is 6.30. The van der Waals surface area contributed by atoms with E-state index in [0.717, 1.165) is 16.6 Å². The van der Waals surface area contributed by atoms with E-state index in [1.165, 1.54) is 18.2 Å². The van der Waals surface area contributed by atoms with E-state index in [9.17, 15) is 10.2 Å². The fourth-order valence-electron chi connectivity index (χ4n) is 2.13. The van der Waals surface area contributed by atoms with Gasteiger partial charge in [0.05, 0.1) is 5.39 Å². The lowest BCUT2D eigenvalue weighted by atomic mass is 10.2. The van der Waals surface area contributed by atoms with Crippen LogP contribution in [0, 0.1) is 13.8 Å². The van der Waals surface area contributed by atoms with Crippen LogP contribution >= 0.6 is 0 Å². The Bertz CT molecular complexity index is 854. The van der Waals surface area contributed by atoms with E-state index in [-0.39, 0.29) is 17.2 Å². The van der Waals surface area contributed by atoms with E-state index in [4.69, 9.17) is 0 Å². The third-order valence-electron chi connectivity index (χ3n) is 3.05. The molecule has 0 bridgehead atoms. The number of aromatic amines is 1. The first-order chi connectivity index (χ1) is 10.0. The summed E-state index contributed by atoms with van der Waals surface area (Å²) in [6.45, 7) is 3.85. The van der Waals surface area contributed by atoms with E-state index in [2.05, 4.69) is 25.4 Å². The van der Waals surface area contributed by atoms with Gasteiger partial charge in [-0.25, -0.2) is 4.98 Å². The maximum Gasteiger partial charge on any atom is 0.183 e. The minimum atomic E-state index is -0.145. The zero-order chi connectivity index (χ0) is 15.0. The van der Waals surface area contributed by atoms with Gasteiger partial charge in [-0.2, -0.15) is 5.10 Å². The van der Waals surface area contributed by atoms with Crippen molar-refractivity contribution in [1.82, 2.24) is 15.2 Å². The Labute approximate surface area is 120 Å². The molecule has 1 aromatic carbocycles. The number of aromatic hydroxyl groups is 2. The van der Waals surface area contributed by atoms with Crippen LogP contribution in [0.3, 0.4) is 0 Å². The van der Waals surface area contributed by atoms with E-state index >= 15 is 0 Å². The summed E-state index contributed by atoms with van der Waals surface area (Å²) in [5.41, 5.74) is 2.71. The number of fused-ring (bicyclic) bond motifs is 1. The van der Waals surface area contributed by atoms with Gasteiger partial charge < -0.3 is 10.2 Å². The van der Waals surface area contributed by atoms with Crippen molar-refractivity contribution in [3.05, 3.63) is 35.5 Å². The molecule has 7 nitrogen and oxygen atoms in total. The molecule has 0 spiro atoms. The van der Waals surface area contributed by atoms with Crippen molar-refractivity contribution < 1.29 is 10.2 Å². The first-order valence-corrected chi connectivity index (χ1v) is 6.30. The van der Waals surface area contributed by atoms with Gasteiger partial charge in [0.1, 0.15) is 17.2 Å². The Hall–Kier alpha value is -2.96. The molecule has 0 aliphatic rings. The molecule has 0 saturated carbocycles. The minimum Gasteiger partial charge on any atom is -0.508 e. The SMILES string of the molecule is Cc1cc(C)c2c(N=Nc3ccc(O)cc3O)[nH]nc2n1. The van der Waals surface area contributed by atoms with Crippen LogP contribution < -0.4 is 0 Å². The van der Waals surface area contributed by atoms with Crippen molar-refractivity contribution >= 4 is 22.5 Å². The molecule has 0 saturated heterocycles. The molecule has 0 radical (unpaired) electrons. The van der Waals surface area contributed by atoms with Gasteiger partial charge in [0, 0.05) is 11.8 Å². The molecule has 0 atom stereocenters. The van der Waals surface area contributed by atoms with Gasteiger partial charge in [0.2, 0.25) is 0 Å². The molecule has 0 fully saturated rings. The number of aryl methyl sites for hydroxylation is 2. The molecule has 0 aliphatic carbocycles. The van der Waals surface area contributed by atoms with Gasteiger partial charge in [-0.3, -0.25) is 5.10 Å². The summed E-state index contributed by atoms with van der Waals surface area (Å²) in [6.07, 6.45) is 0. The van der Waals surface area contributed by atoms with Gasteiger partial charge in [-0.1, -0.05) is 0 Å². The fraction of sp³-hybridized carbons (Fsp3) is 0.143. The Kier molecular flexibility index (Phi) is 3.02. The number of aromatic nitrogens is 3. The first kappa shape index (κ1) is 13.0. The molecule has 0 amide bonds. The Morgan fingerprint density at radius 2 is 1.90 bits per heavy atom. The average molecular weight is 283 g/mol. The Morgan fingerprint density at radius 1 is 1.10 bits per heavy atom. The quantitative estimate of drug-likeness (QED) is 0.626. The number of rotatable bonds is 2. The zero-order valence-corrected chi connectivity index (χ0v) is 11.5. The normalized spacial score (nSPS) is 11.5. The van der Waals surface area contributed by atoms with Gasteiger partial charge >= 0.3 is 0 Å². The van der Waals surface area contributed by atoms with Gasteiger partial charge in [-0.05, 0) is 37.6 Å². The number of benzene rings is 1. The predicted octanol–water partition coefficient (Wildman–Crippen LogP) is 3.40. The lowest BCUT2D eigenvalue weighted by Crippen LogP contribution is -1.84. The predicted molar refractivity (Wildman–Crippen MR) is 77.3 cm³/mol. The molecule has 3 rings (SSSR count). The molecule has 3 N–H and O–H groups in total. The van der Waals surface area contributed by atoms with Crippen LogP contribution in [0.2, 0.25) is 0 Å². The maximum atomic E-state index is 9.67. The summed E-state index contributed by atoms with van der Waals surface area (Å²) < 4.78 is 0. The lowest BCUT2D eigenvalue weighted by Gasteiger charge is -1.99. The van der Waals surface area contributed by atoms with E-state index in [1.54, 1.807) is 0 Å². The third-order valence-corrected chi connectivity index (χ3v) is 3.05. The van der Waals surface area contributed by atoms with Gasteiger partial charge in [0.15, 0.2) is 11.5 Å². The highest BCUT2D eigenvalue weighted by atomic mass is 16.3. The van der Waals surface area contributed by atoms with Crippen LogP contribution in [0.1, 0.15) is 11.3 Å². The highest BCUT2D eigenvalue weighted by Crippen LogP contribution is 2.32. The van der Waals surface area contributed by atoms with Gasteiger partial charge in [0.25, 0.3) is 0 Å². The zero-order valence-electron chi connectivity index (χ0n) is 11.5. The molecule has 0 aliphatic heterocycles. The van der Waals surface area contributed by atoms with Crippen LogP contribution in [0.5, 0.6) is 11.5 Å². The molecular formula is C14H13N5O2. The second-order valence-corrected chi connectivity index (χ2v) is 4.72. The molecule has 106 valence electrons. The summed E-state index contributed by atoms with van der Waals surface area (Å²) in [5, 5.41) is 34.6. The minimum absolute atomic E-state index is 0.0334. The summed E-state index contributed by atoms with van der Waals surface area (Å²) in [4.78, 5) is 4.31. The van der Waals surface area contributed by atoms with Crippen LogP contribution in [-0.4, -0.2) is 25.4 Å². The van der Waals surface area contributed by atoms with E-state index in [0.29, 0.717) is 11.5 Å². The standard InChI is InChI=1S/C14H13N5O2/c1-7-5-8(2)15-13-12(7)14(19-17-13)18-16-10-4-3-9(20)6-11(10)21/h3-6,20-21H,1-2H3,(H,15,17,19). The molecular weight excluding hydrogens is 270 g/mol. The molecule has 0 unspecified atom stereocenters. The summed E-state index contributed by atoms with van der Waals surface area (Å²) >= 11 is 0. The summed E-state index contributed by atoms with van der Waals surface area (Å²) in [6, 6.07) is 6.04. The number of H-pyrrole nitrogens is 1. The molecule has 3 aromatic rings. The topological polar surface area (TPSA) is 107 Å². The lowest BCUT2D eigenvalue weighted by molar-refractivity contribution is 0.451. The van der Waals surface area contributed by atoms with Crippen LogP contribution in [-0.2, 0) is 0 Å².